The molecule has 0 spiro atoms. The van der Waals surface area contributed by atoms with E-state index in [2.05, 4.69) is 16.4 Å². The molecule has 1 rings (SSSR count). The normalized spacial score (nSPS) is 27.9. The van der Waals surface area contributed by atoms with E-state index in [0.29, 0.717) is 5.92 Å². The molecule has 2 nitrogen and oxygen atoms in total. The Kier molecular flexibility index (Phi) is 1.29. The van der Waals surface area contributed by atoms with E-state index in [0.717, 1.165) is 6.61 Å². The van der Waals surface area contributed by atoms with Gasteiger partial charge in [0, 0.05) is 5.92 Å². The van der Waals surface area contributed by atoms with Gasteiger partial charge in [-0.2, -0.15) is 0 Å². The van der Waals surface area contributed by atoms with Gasteiger partial charge in [-0.1, -0.05) is 12.1 Å². The van der Waals surface area contributed by atoms with E-state index in [-0.39, 0.29) is 0 Å². The van der Waals surface area contributed by atoms with Gasteiger partial charge in [-0.05, 0) is 6.42 Å². The monoisotopic (exact) mass is 98.1 g/mol. The van der Waals surface area contributed by atoms with E-state index in [1.54, 1.807) is 6.21 Å². The van der Waals surface area contributed by atoms with Crippen molar-refractivity contribution in [2.45, 2.75) is 6.92 Å². The smallest absolute Gasteiger partial charge is 0.125 e. The minimum Gasteiger partial charge on any atom is -0.395 e. The van der Waals surface area contributed by atoms with Crippen LogP contribution in [-0.4, -0.2) is 12.8 Å². The average Bonchev–Trinajstić information content (AvgIpc) is 2.14. The minimum absolute atomic E-state index is 0.458. The second-order valence-electron chi connectivity index (χ2n) is 1.55. The minimum atomic E-state index is 0.458. The van der Waals surface area contributed by atoms with Crippen LogP contribution in [0.25, 0.3) is 0 Å². The zero-order valence-corrected chi connectivity index (χ0v) is 4.29. The molecular formula is C5H8NO. The molecule has 1 aliphatic rings. The van der Waals surface area contributed by atoms with Crippen molar-refractivity contribution >= 4 is 6.21 Å². The van der Waals surface area contributed by atoms with Crippen LogP contribution in [0.2, 0.25) is 0 Å². The largest absolute Gasteiger partial charge is 0.395 e. The van der Waals surface area contributed by atoms with Gasteiger partial charge in [-0.25, -0.2) is 0 Å². The van der Waals surface area contributed by atoms with Crippen LogP contribution in [0.15, 0.2) is 5.16 Å². The maximum Gasteiger partial charge on any atom is 0.125 e. The topological polar surface area (TPSA) is 21.6 Å². The first-order chi connectivity index (χ1) is 3.43. The van der Waals surface area contributed by atoms with Gasteiger partial charge in [0.1, 0.15) is 6.61 Å². The quantitative estimate of drug-likeness (QED) is 0.476. The Morgan fingerprint density at radius 3 is 3.14 bits per heavy atom. The molecule has 0 saturated carbocycles. The van der Waals surface area contributed by atoms with E-state index >= 15 is 0 Å². The summed E-state index contributed by atoms with van der Waals surface area (Å²) in [6, 6.07) is 0. The van der Waals surface area contributed by atoms with Crippen molar-refractivity contribution in [3.8, 4) is 0 Å². The summed E-state index contributed by atoms with van der Waals surface area (Å²) in [5, 5.41) is 3.58. The number of nitrogens with zero attached hydrogens (tertiary/aromatic N) is 1. The number of rotatable bonds is 1. The Bertz CT molecular complexity index is 80.1. The molecule has 1 heterocycles. The van der Waals surface area contributed by atoms with Crippen LogP contribution in [0, 0.1) is 12.3 Å². The number of hydrogen-bond donors (Lipinski definition) is 0. The molecule has 0 saturated heterocycles. The van der Waals surface area contributed by atoms with Crippen LogP contribution in [-0.2, 0) is 4.84 Å². The van der Waals surface area contributed by atoms with Crippen molar-refractivity contribution in [2.75, 3.05) is 6.61 Å². The highest BCUT2D eigenvalue weighted by Crippen LogP contribution is 2.03. The summed E-state index contributed by atoms with van der Waals surface area (Å²) in [4.78, 5) is 4.69. The first-order valence-electron chi connectivity index (χ1n) is 2.38. The molecule has 0 aromatic rings. The van der Waals surface area contributed by atoms with Crippen LogP contribution in [0.5, 0.6) is 0 Å². The van der Waals surface area contributed by atoms with Gasteiger partial charge in [-0.15, -0.1) is 0 Å². The lowest BCUT2D eigenvalue weighted by molar-refractivity contribution is 0.160. The molecule has 1 radical (unpaired) electrons. The van der Waals surface area contributed by atoms with Gasteiger partial charge in [0.05, 0.1) is 6.21 Å². The highest BCUT2D eigenvalue weighted by atomic mass is 16.6. The fraction of sp³-hybridized carbons (Fsp3) is 0.600. The molecule has 0 aromatic heterocycles. The molecule has 1 aliphatic heterocycles. The zero-order valence-electron chi connectivity index (χ0n) is 4.29. The predicted octanol–water partition coefficient (Wildman–Crippen LogP) is 0.843. The maximum atomic E-state index is 4.69. The first kappa shape index (κ1) is 4.62. The van der Waals surface area contributed by atoms with Crippen LogP contribution < -0.4 is 0 Å². The summed E-state index contributed by atoms with van der Waals surface area (Å²) >= 11 is 0. The maximum absolute atomic E-state index is 4.69. The van der Waals surface area contributed by atoms with Gasteiger partial charge in [0.25, 0.3) is 0 Å². The molecule has 0 amide bonds. The number of oxime groups is 1. The molecule has 2 heteroatoms. The van der Waals surface area contributed by atoms with Crippen molar-refractivity contribution < 1.29 is 4.84 Å². The van der Waals surface area contributed by atoms with E-state index in [4.69, 9.17) is 0 Å². The summed E-state index contributed by atoms with van der Waals surface area (Å²) in [5.41, 5.74) is 0. The summed E-state index contributed by atoms with van der Waals surface area (Å²) in [6.45, 7) is 2.74. The van der Waals surface area contributed by atoms with Crippen molar-refractivity contribution in [3.05, 3.63) is 6.42 Å². The van der Waals surface area contributed by atoms with Gasteiger partial charge >= 0.3 is 0 Å². The van der Waals surface area contributed by atoms with E-state index in [1.807, 2.05) is 6.92 Å². The zero-order chi connectivity index (χ0) is 5.11. The molecule has 0 N–H and O–H groups in total. The van der Waals surface area contributed by atoms with Crippen LogP contribution in [0.3, 0.4) is 0 Å². The molecule has 0 aromatic carbocycles. The summed E-state index contributed by atoms with van der Waals surface area (Å²) in [5.74, 6) is 0.458. The fourth-order valence-electron chi connectivity index (χ4n) is 0.476. The van der Waals surface area contributed by atoms with Crippen molar-refractivity contribution in [2.24, 2.45) is 11.1 Å². The van der Waals surface area contributed by atoms with E-state index in [9.17, 15) is 0 Å². The van der Waals surface area contributed by atoms with Crippen LogP contribution in [0.1, 0.15) is 6.92 Å². The molecule has 0 bridgehead atoms. The van der Waals surface area contributed by atoms with Gasteiger partial charge < -0.3 is 4.84 Å². The van der Waals surface area contributed by atoms with Crippen molar-refractivity contribution in [3.63, 3.8) is 0 Å². The Labute approximate surface area is 43.2 Å². The Morgan fingerprint density at radius 2 is 2.86 bits per heavy atom. The number of hydrogen-bond acceptors (Lipinski definition) is 2. The van der Waals surface area contributed by atoms with Crippen molar-refractivity contribution in [1.82, 2.24) is 0 Å². The molecule has 0 fully saturated rings. The second kappa shape index (κ2) is 1.96. The first-order valence-corrected chi connectivity index (χ1v) is 2.38. The lowest BCUT2D eigenvalue weighted by Crippen LogP contribution is -1.99. The summed E-state index contributed by atoms with van der Waals surface area (Å²) in [7, 11) is 0. The lowest BCUT2D eigenvalue weighted by Gasteiger charge is -1.93. The standard InChI is InChI=1S/C5H8NO/c1-2-5-3-6-7-4-5/h2-3,5H,4H2,1H3. The SMILES string of the molecule is C[CH]C1C=NOC1. The van der Waals surface area contributed by atoms with Gasteiger partial charge in [0.2, 0.25) is 0 Å². The third-order valence-corrected chi connectivity index (χ3v) is 1.02. The second-order valence-corrected chi connectivity index (χ2v) is 1.55. The Hall–Kier alpha value is -0.530. The predicted molar refractivity (Wildman–Crippen MR) is 27.9 cm³/mol. The molecule has 7 heavy (non-hydrogen) atoms. The average molecular weight is 98.1 g/mol. The van der Waals surface area contributed by atoms with Gasteiger partial charge in [-0.3, -0.25) is 0 Å². The van der Waals surface area contributed by atoms with E-state index < -0.39 is 0 Å². The third kappa shape index (κ3) is 0.918. The lowest BCUT2D eigenvalue weighted by atomic mass is 10.1. The fourth-order valence-corrected chi connectivity index (χ4v) is 0.476. The molecule has 1 unspecified atom stereocenters. The highest BCUT2D eigenvalue weighted by molar-refractivity contribution is 5.62. The highest BCUT2D eigenvalue weighted by Gasteiger charge is 2.07. The molecular weight excluding hydrogens is 90.1 g/mol. The van der Waals surface area contributed by atoms with Gasteiger partial charge in [0.15, 0.2) is 0 Å². The summed E-state index contributed by atoms with van der Waals surface area (Å²) in [6.07, 6.45) is 3.87. The molecule has 1 atom stereocenters. The summed E-state index contributed by atoms with van der Waals surface area (Å²) < 4.78 is 0. The Morgan fingerprint density at radius 1 is 2.00 bits per heavy atom. The Balaban J connectivity index is 2.28. The van der Waals surface area contributed by atoms with Crippen LogP contribution >= 0.6 is 0 Å². The van der Waals surface area contributed by atoms with Crippen LogP contribution in [0.4, 0.5) is 0 Å². The van der Waals surface area contributed by atoms with E-state index in [1.165, 1.54) is 0 Å². The third-order valence-electron chi connectivity index (χ3n) is 1.02. The molecule has 0 aliphatic carbocycles. The van der Waals surface area contributed by atoms with Crippen molar-refractivity contribution in [1.29, 1.82) is 0 Å². The molecule has 39 valence electrons.